The van der Waals surface area contributed by atoms with Crippen LogP contribution >= 0.6 is 0 Å². The number of hydrazine groups is 1. The van der Waals surface area contributed by atoms with Gasteiger partial charge in [0, 0.05) is 11.8 Å². The first kappa shape index (κ1) is 17.1. The third-order valence-electron chi connectivity index (χ3n) is 3.98. The zero-order chi connectivity index (χ0) is 17.6. The van der Waals surface area contributed by atoms with Gasteiger partial charge in [-0.05, 0) is 24.1 Å². The van der Waals surface area contributed by atoms with E-state index >= 15 is 0 Å². The molecule has 0 radical (unpaired) electrons. The molecule has 1 heterocycles. The molecule has 4 N–H and O–H groups in total. The summed E-state index contributed by atoms with van der Waals surface area (Å²) >= 11 is 0. The Bertz CT molecular complexity index is 724. The van der Waals surface area contributed by atoms with Crippen LogP contribution < -0.4 is 31.0 Å². The third-order valence-corrected chi connectivity index (χ3v) is 3.98. The summed E-state index contributed by atoms with van der Waals surface area (Å²) in [6, 6.07) is 15.0. The lowest BCUT2D eigenvalue weighted by Crippen LogP contribution is -2.68. The molecule has 2 aromatic carbocycles. The minimum Gasteiger partial charge on any atom is -0.493 e. The van der Waals surface area contributed by atoms with Crippen molar-refractivity contribution < 1.29 is 14.3 Å². The number of benzene rings is 2. The van der Waals surface area contributed by atoms with Crippen LogP contribution in [-0.4, -0.2) is 32.5 Å². The van der Waals surface area contributed by atoms with Crippen molar-refractivity contribution in [1.29, 1.82) is 0 Å². The minimum atomic E-state index is -0.433. The molecule has 0 bridgehead atoms. The summed E-state index contributed by atoms with van der Waals surface area (Å²) in [6.07, 6.45) is 0.181. The lowest BCUT2D eigenvalue weighted by Gasteiger charge is -2.32. The first-order valence-electron chi connectivity index (χ1n) is 8.03. The smallest absolute Gasteiger partial charge is 0.241 e. The van der Waals surface area contributed by atoms with E-state index < -0.39 is 6.29 Å². The van der Waals surface area contributed by atoms with Gasteiger partial charge >= 0.3 is 0 Å². The normalized spacial score (nSPS) is 19.8. The third kappa shape index (κ3) is 4.20. The van der Waals surface area contributed by atoms with Crippen LogP contribution in [0.3, 0.4) is 0 Å². The van der Waals surface area contributed by atoms with E-state index in [1.807, 2.05) is 42.5 Å². The van der Waals surface area contributed by atoms with Crippen LogP contribution in [-0.2, 0) is 11.2 Å². The number of carbonyl (C=O) groups is 1. The summed E-state index contributed by atoms with van der Waals surface area (Å²) < 4.78 is 10.5. The number of methoxy groups -OCH3 is 2. The number of rotatable bonds is 6. The molecule has 0 spiro atoms. The molecule has 2 aromatic rings. The van der Waals surface area contributed by atoms with Crippen LogP contribution in [0.25, 0.3) is 0 Å². The van der Waals surface area contributed by atoms with Crippen molar-refractivity contribution in [1.82, 2.24) is 16.2 Å². The van der Waals surface area contributed by atoms with Crippen LogP contribution in [0.2, 0.25) is 0 Å². The van der Waals surface area contributed by atoms with Crippen LogP contribution in [0.15, 0.2) is 48.5 Å². The fourth-order valence-electron chi connectivity index (χ4n) is 2.69. The lowest BCUT2D eigenvalue weighted by molar-refractivity contribution is -0.126. The Hall–Kier alpha value is -2.77. The van der Waals surface area contributed by atoms with Gasteiger partial charge in [-0.3, -0.25) is 4.79 Å². The predicted octanol–water partition coefficient (Wildman–Crippen LogP) is 1.23. The van der Waals surface area contributed by atoms with Crippen molar-refractivity contribution in [3.05, 3.63) is 54.1 Å². The van der Waals surface area contributed by atoms with Gasteiger partial charge in [0.25, 0.3) is 0 Å². The largest absolute Gasteiger partial charge is 0.493 e. The highest BCUT2D eigenvalue weighted by Gasteiger charge is 2.27. The summed E-state index contributed by atoms with van der Waals surface area (Å²) in [5.41, 5.74) is 8.02. The number of nitrogens with one attached hydrogen (secondary N) is 4. The minimum absolute atomic E-state index is 0.0689. The molecule has 132 valence electrons. The van der Waals surface area contributed by atoms with Crippen molar-refractivity contribution in [2.75, 3.05) is 19.5 Å². The summed E-state index contributed by atoms with van der Waals surface area (Å²) in [6.45, 7) is 0. The van der Waals surface area contributed by atoms with E-state index in [-0.39, 0.29) is 11.9 Å². The first-order valence-corrected chi connectivity index (χ1v) is 8.03. The zero-order valence-electron chi connectivity index (χ0n) is 14.2. The molecule has 1 amide bonds. The van der Waals surface area contributed by atoms with Gasteiger partial charge in [0.05, 0.1) is 14.2 Å². The lowest BCUT2D eigenvalue weighted by atomic mass is 10.1. The van der Waals surface area contributed by atoms with Gasteiger partial charge in [0.15, 0.2) is 17.8 Å². The van der Waals surface area contributed by atoms with Crippen molar-refractivity contribution in [2.24, 2.45) is 0 Å². The molecular weight excluding hydrogens is 320 g/mol. The summed E-state index contributed by atoms with van der Waals surface area (Å²) in [5, 5.41) is 6.09. The topological polar surface area (TPSA) is 83.7 Å². The van der Waals surface area contributed by atoms with E-state index in [1.165, 1.54) is 0 Å². The number of anilines is 1. The Morgan fingerprint density at radius 1 is 1.00 bits per heavy atom. The first-order chi connectivity index (χ1) is 12.2. The van der Waals surface area contributed by atoms with Crippen LogP contribution in [0.4, 0.5) is 5.69 Å². The molecule has 25 heavy (non-hydrogen) atoms. The monoisotopic (exact) mass is 342 g/mol. The van der Waals surface area contributed by atoms with Crippen molar-refractivity contribution in [3.63, 3.8) is 0 Å². The Morgan fingerprint density at radius 3 is 2.44 bits per heavy atom. The highest BCUT2D eigenvalue weighted by Crippen LogP contribution is 2.29. The van der Waals surface area contributed by atoms with Gasteiger partial charge in [-0.15, -0.1) is 0 Å². The number of hydrogen-bond donors (Lipinski definition) is 4. The molecule has 0 aromatic heterocycles. The average Bonchev–Trinajstić information content (AvgIpc) is 2.64. The van der Waals surface area contributed by atoms with Crippen LogP contribution in [0, 0.1) is 0 Å². The highest BCUT2D eigenvalue weighted by atomic mass is 16.5. The second kappa shape index (κ2) is 7.87. The van der Waals surface area contributed by atoms with E-state index in [1.54, 1.807) is 20.3 Å². The van der Waals surface area contributed by atoms with Gasteiger partial charge in [-0.2, -0.15) is 0 Å². The van der Waals surface area contributed by atoms with Gasteiger partial charge < -0.3 is 20.1 Å². The summed E-state index contributed by atoms with van der Waals surface area (Å²) in [5.74, 6) is 1.19. The van der Waals surface area contributed by atoms with Crippen molar-refractivity contribution in [3.8, 4) is 11.5 Å². The Labute approximate surface area is 146 Å². The van der Waals surface area contributed by atoms with Crippen LogP contribution in [0.5, 0.6) is 11.5 Å². The number of ether oxygens (including phenoxy) is 2. The fraction of sp³-hybridized carbons (Fsp3) is 0.278. The van der Waals surface area contributed by atoms with Crippen LogP contribution in [0.1, 0.15) is 5.56 Å². The summed E-state index contributed by atoms with van der Waals surface area (Å²) in [7, 11) is 3.17. The summed E-state index contributed by atoms with van der Waals surface area (Å²) in [4.78, 5) is 12.3. The van der Waals surface area contributed by atoms with E-state index in [4.69, 9.17) is 9.47 Å². The van der Waals surface area contributed by atoms with E-state index in [0.29, 0.717) is 17.9 Å². The maximum atomic E-state index is 12.3. The number of carbonyl (C=O) groups excluding carboxylic acids is 1. The Kier molecular flexibility index (Phi) is 5.37. The van der Waals surface area contributed by atoms with Crippen molar-refractivity contribution in [2.45, 2.75) is 18.8 Å². The number of hydrogen-bond acceptors (Lipinski definition) is 6. The van der Waals surface area contributed by atoms with E-state index in [2.05, 4.69) is 21.5 Å². The molecular formula is C18H22N4O3. The van der Waals surface area contributed by atoms with Gasteiger partial charge in [-0.25, -0.2) is 10.9 Å². The van der Waals surface area contributed by atoms with E-state index in [0.717, 1.165) is 11.3 Å². The second-order valence-electron chi connectivity index (χ2n) is 5.69. The number of amides is 1. The fourth-order valence-corrected chi connectivity index (χ4v) is 2.69. The molecule has 0 saturated carbocycles. The Balaban J connectivity index is 1.59. The Morgan fingerprint density at radius 2 is 1.76 bits per heavy atom. The molecule has 7 nitrogen and oxygen atoms in total. The molecule has 1 aliphatic rings. The quantitative estimate of drug-likeness (QED) is 0.632. The molecule has 2 atom stereocenters. The second-order valence-corrected chi connectivity index (χ2v) is 5.69. The maximum Gasteiger partial charge on any atom is 0.241 e. The zero-order valence-corrected chi connectivity index (χ0v) is 14.2. The molecule has 0 aliphatic carbocycles. The average molecular weight is 342 g/mol. The van der Waals surface area contributed by atoms with Gasteiger partial charge in [-0.1, -0.05) is 30.3 Å². The van der Waals surface area contributed by atoms with E-state index in [9.17, 15) is 4.79 Å². The molecule has 1 fully saturated rings. The molecule has 1 saturated heterocycles. The SMILES string of the molecule is COc1ccc(NC2NNC(Cc3ccccc3)C(=O)N2)cc1OC. The molecule has 3 rings (SSSR count). The predicted molar refractivity (Wildman–Crippen MR) is 95.3 cm³/mol. The molecule has 2 unspecified atom stereocenters. The highest BCUT2D eigenvalue weighted by molar-refractivity contribution is 5.83. The standard InChI is InChI=1S/C18H22N4O3/c1-24-15-9-8-13(11-16(15)25-2)19-18-20-17(23)14(21-22-18)10-12-6-4-3-5-7-12/h3-9,11,14,18-19,21-22H,10H2,1-2H3,(H,20,23). The molecule has 1 aliphatic heterocycles. The van der Waals surface area contributed by atoms with Crippen molar-refractivity contribution >= 4 is 11.6 Å². The maximum absolute atomic E-state index is 12.3. The van der Waals surface area contributed by atoms with Gasteiger partial charge in [0.2, 0.25) is 5.91 Å². The molecule has 7 heteroatoms. The van der Waals surface area contributed by atoms with Gasteiger partial charge in [0.1, 0.15) is 6.04 Å².